The maximum Gasteiger partial charge on any atom is 0.338 e. The molecule has 11 heteroatoms. The lowest BCUT2D eigenvalue weighted by atomic mass is 9.84. The fraction of sp³-hybridized carbons (Fsp3) is 0.125. The molecule has 0 saturated heterocycles. The second-order valence-electron chi connectivity index (χ2n) is 7.37. The lowest BCUT2D eigenvalue weighted by molar-refractivity contribution is -0.136. The first-order chi connectivity index (χ1) is 16.7. The average molecular weight is 567 g/mol. The number of carbonyl (C=O) groups is 1. The van der Waals surface area contributed by atoms with Crippen LogP contribution in [0.25, 0.3) is 17.5 Å². The van der Waals surface area contributed by atoms with E-state index in [-0.39, 0.29) is 37.8 Å². The van der Waals surface area contributed by atoms with Crippen molar-refractivity contribution in [1.82, 2.24) is 4.57 Å². The molecule has 1 unspecified atom stereocenters. The molecule has 6 nitrogen and oxygen atoms in total. The van der Waals surface area contributed by atoms with Gasteiger partial charge in [0.25, 0.3) is 5.56 Å². The van der Waals surface area contributed by atoms with Crippen molar-refractivity contribution >= 4 is 81.2 Å². The van der Waals surface area contributed by atoms with Crippen LogP contribution in [0.2, 0.25) is 20.1 Å². The Labute approximate surface area is 223 Å². The summed E-state index contributed by atoms with van der Waals surface area (Å²) < 4.78 is 6.93. The van der Waals surface area contributed by atoms with E-state index in [0.29, 0.717) is 26.2 Å². The van der Waals surface area contributed by atoms with Gasteiger partial charge >= 0.3 is 5.97 Å². The van der Waals surface area contributed by atoms with Gasteiger partial charge in [0.15, 0.2) is 0 Å². The highest BCUT2D eigenvalue weighted by molar-refractivity contribution is 7.07. The standard InChI is InChI=1S/C24H15Cl4N3O3S/c1-2-34-24(33)20-19(14-6-5-13(26)9-17(14)28)15(10-29)21(30)31-22(32)18(35-23(20)31)7-11-3-4-12(25)8-16(11)27/h3-9,19H,2,30H2,1H3/b18-7-. The molecule has 35 heavy (non-hydrogen) atoms. The number of fused-ring (bicyclic) bond motifs is 1. The fourth-order valence-corrected chi connectivity index (χ4v) is 5.90. The van der Waals surface area contributed by atoms with Crippen molar-refractivity contribution in [1.29, 1.82) is 5.26 Å². The van der Waals surface area contributed by atoms with E-state index < -0.39 is 17.4 Å². The van der Waals surface area contributed by atoms with Gasteiger partial charge in [-0.05, 0) is 48.4 Å². The lowest BCUT2D eigenvalue weighted by Gasteiger charge is -2.25. The third-order valence-electron chi connectivity index (χ3n) is 5.29. The van der Waals surface area contributed by atoms with E-state index in [9.17, 15) is 14.9 Å². The van der Waals surface area contributed by atoms with Crippen LogP contribution in [-0.2, 0) is 9.53 Å². The molecule has 2 N–H and O–H groups in total. The Morgan fingerprint density at radius 3 is 2.43 bits per heavy atom. The number of thiazole rings is 1. The number of aromatic nitrogens is 1. The normalized spacial score (nSPS) is 15.7. The van der Waals surface area contributed by atoms with Crippen molar-refractivity contribution in [3.63, 3.8) is 0 Å². The van der Waals surface area contributed by atoms with Gasteiger partial charge in [-0.1, -0.05) is 58.5 Å². The quantitative estimate of drug-likeness (QED) is 0.468. The number of hydrogen-bond acceptors (Lipinski definition) is 6. The maximum atomic E-state index is 13.4. The summed E-state index contributed by atoms with van der Waals surface area (Å²) in [5.41, 5.74) is 6.86. The van der Waals surface area contributed by atoms with Crippen LogP contribution in [0.15, 0.2) is 46.8 Å². The second kappa shape index (κ2) is 10.1. The molecule has 0 aliphatic carbocycles. The molecule has 0 bridgehead atoms. The molecular formula is C24H15Cl4N3O3S. The summed E-state index contributed by atoms with van der Waals surface area (Å²) in [7, 11) is 0. The zero-order valence-corrected chi connectivity index (χ0v) is 21.8. The summed E-state index contributed by atoms with van der Waals surface area (Å²) in [5, 5.41) is 11.4. The van der Waals surface area contributed by atoms with Crippen LogP contribution in [0, 0.1) is 11.3 Å². The molecule has 4 rings (SSSR count). The van der Waals surface area contributed by atoms with Gasteiger partial charge in [-0.25, -0.2) is 4.79 Å². The molecule has 0 radical (unpaired) electrons. The van der Waals surface area contributed by atoms with Crippen LogP contribution in [-0.4, -0.2) is 17.1 Å². The molecule has 0 spiro atoms. The number of nitrogens with zero attached hydrogens (tertiary/aromatic N) is 2. The molecule has 2 heterocycles. The number of carbonyl (C=O) groups excluding carboxylic acids is 1. The van der Waals surface area contributed by atoms with Crippen molar-refractivity contribution in [3.05, 3.63) is 92.7 Å². The smallest absolute Gasteiger partial charge is 0.338 e. The third kappa shape index (κ3) is 4.61. The SMILES string of the molecule is CCOC(=O)C1=c2s/c(=C\c3ccc(Cl)cc3Cl)c(=O)n2C(N)=C(C#N)C1c1ccc(Cl)cc1Cl. The number of esters is 1. The Balaban J connectivity index is 2.12. The number of nitriles is 1. The minimum atomic E-state index is -0.964. The Bertz CT molecular complexity index is 1630. The van der Waals surface area contributed by atoms with E-state index in [1.165, 1.54) is 6.07 Å². The third-order valence-corrected chi connectivity index (χ3v) is 7.52. The number of rotatable bonds is 4. The Kier molecular flexibility index (Phi) is 7.32. The highest BCUT2D eigenvalue weighted by Gasteiger charge is 2.37. The first-order valence-corrected chi connectivity index (χ1v) is 12.5. The Hall–Kier alpha value is -2.73. The van der Waals surface area contributed by atoms with Crippen LogP contribution >= 0.6 is 57.7 Å². The van der Waals surface area contributed by atoms with E-state index in [4.69, 9.17) is 56.9 Å². The van der Waals surface area contributed by atoms with E-state index in [1.807, 2.05) is 6.07 Å². The van der Waals surface area contributed by atoms with Gasteiger partial charge in [-0.15, -0.1) is 11.3 Å². The van der Waals surface area contributed by atoms with Gasteiger partial charge in [0.2, 0.25) is 0 Å². The van der Waals surface area contributed by atoms with E-state index >= 15 is 0 Å². The number of halogens is 4. The summed E-state index contributed by atoms with van der Waals surface area (Å²) in [4.78, 5) is 26.6. The zero-order chi connectivity index (χ0) is 25.4. The lowest BCUT2D eigenvalue weighted by Crippen LogP contribution is -2.40. The van der Waals surface area contributed by atoms with Crippen LogP contribution < -0.4 is 20.5 Å². The minimum Gasteiger partial charge on any atom is -0.463 e. The van der Waals surface area contributed by atoms with Gasteiger partial charge in [-0.2, -0.15) is 5.26 Å². The van der Waals surface area contributed by atoms with Crippen LogP contribution in [0.3, 0.4) is 0 Å². The minimum absolute atomic E-state index is 0.0132. The number of nitrogens with two attached hydrogens (primary N) is 1. The molecule has 0 fully saturated rings. The van der Waals surface area contributed by atoms with Gasteiger partial charge in [-0.3, -0.25) is 9.36 Å². The summed E-state index contributed by atoms with van der Waals surface area (Å²) >= 11 is 25.8. The number of ether oxygens (including phenoxy) is 1. The number of benzene rings is 2. The zero-order valence-electron chi connectivity index (χ0n) is 17.9. The molecule has 178 valence electrons. The maximum absolute atomic E-state index is 13.4. The van der Waals surface area contributed by atoms with Crippen LogP contribution in [0.4, 0.5) is 0 Å². The highest BCUT2D eigenvalue weighted by Crippen LogP contribution is 2.40. The largest absolute Gasteiger partial charge is 0.463 e. The average Bonchev–Trinajstić information content (AvgIpc) is 3.11. The molecule has 1 aliphatic heterocycles. The molecule has 1 aromatic heterocycles. The van der Waals surface area contributed by atoms with Gasteiger partial charge in [0.05, 0.1) is 34.3 Å². The predicted octanol–water partition coefficient (Wildman–Crippen LogP) is 4.51. The van der Waals surface area contributed by atoms with Gasteiger partial charge < -0.3 is 10.5 Å². The summed E-state index contributed by atoms with van der Waals surface area (Å²) in [6.45, 7) is 1.74. The summed E-state index contributed by atoms with van der Waals surface area (Å²) in [5.74, 6) is -1.77. The number of hydrogen-bond donors (Lipinski definition) is 1. The van der Waals surface area contributed by atoms with E-state index in [1.54, 1.807) is 43.3 Å². The van der Waals surface area contributed by atoms with Crippen molar-refractivity contribution in [2.75, 3.05) is 6.61 Å². The first-order valence-electron chi connectivity index (χ1n) is 10.1. The van der Waals surface area contributed by atoms with Crippen molar-refractivity contribution < 1.29 is 9.53 Å². The first kappa shape index (κ1) is 25.4. The molecule has 0 saturated carbocycles. The Morgan fingerprint density at radius 2 is 1.83 bits per heavy atom. The molecule has 3 aromatic rings. The Morgan fingerprint density at radius 1 is 1.17 bits per heavy atom. The monoisotopic (exact) mass is 565 g/mol. The molecule has 0 amide bonds. The fourth-order valence-electron chi connectivity index (χ4n) is 3.76. The van der Waals surface area contributed by atoms with E-state index in [2.05, 4.69) is 0 Å². The summed E-state index contributed by atoms with van der Waals surface area (Å²) in [6.07, 6.45) is 1.57. The predicted molar refractivity (Wildman–Crippen MR) is 140 cm³/mol. The topological polar surface area (TPSA) is 98.1 Å². The van der Waals surface area contributed by atoms with Gasteiger partial charge in [0.1, 0.15) is 10.5 Å². The van der Waals surface area contributed by atoms with Crippen molar-refractivity contribution in [2.24, 2.45) is 5.73 Å². The van der Waals surface area contributed by atoms with Crippen LogP contribution in [0.1, 0.15) is 24.0 Å². The van der Waals surface area contributed by atoms with E-state index in [0.717, 1.165) is 15.9 Å². The van der Waals surface area contributed by atoms with Crippen LogP contribution in [0.5, 0.6) is 0 Å². The molecule has 1 aliphatic rings. The molecule has 2 aromatic carbocycles. The molecular weight excluding hydrogens is 552 g/mol. The summed E-state index contributed by atoms with van der Waals surface area (Å²) in [6, 6.07) is 11.6. The number of allylic oxidation sites excluding steroid dienone is 1. The van der Waals surface area contributed by atoms with Gasteiger partial charge in [0, 0.05) is 20.1 Å². The second-order valence-corrected chi connectivity index (χ2v) is 10.1. The highest BCUT2D eigenvalue weighted by atomic mass is 35.5. The molecule has 1 atom stereocenters. The van der Waals surface area contributed by atoms with Crippen molar-refractivity contribution in [2.45, 2.75) is 12.8 Å². The van der Waals surface area contributed by atoms with Crippen molar-refractivity contribution in [3.8, 4) is 6.07 Å².